The van der Waals surface area contributed by atoms with E-state index in [4.69, 9.17) is 0 Å². The van der Waals surface area contributed by atoms with Gasteiger partial charge in [0.15, 0.2) is 0 Å². The van der Waals surface area contributed by atoms with E-state index in [2.05, 4.69) is 0 Å². The van der Waals surface area contributed by atoms with Crippen molar-refractivity contribution in [3.63, 3.8) is 0 Å². The molecule has 1 unspecified atom stereocenters. The molecular formula is C26H32N2O4. The minimum atomic E-state index is -1.02. The van der Waals surface area contributed by atoms with Crippen LogP contribution in [-0.4, -0.2) is 34.9 Å². The highest BCUT2D eigenvalue weighted by atomic mass is 16.3. The molecule has 1 atom stereocenters. The lowest BCUT2D eigenvalue weighted by Gasteiger charge is -2.35. The molecule has 3 rings (SSSR count). The molecule has 1 fully saturated rings. The van der Waals surface area contributed by atoms with Gasteiger partial charge in [-0.2, -0.15) is 0 Å². The number of amides is 4. The van der Waals surface area contributed by atoms with Crippen LogP contribution in [0.3, 0.4) is 0 Å². The minimum absolute atomic E-state index is 0.144. The predicted octanol–water partition coefficient (Wildman–Crippen LogP) is 4.77. The van der Waals surface area contributed by atoms with Crippen LogP contribution in [0.5, 0.6) is 5.75 Å². The third kappa shape index (κ3) is 4.27. The number of barbiturate groups is 1. The van der Waals surface area contributed by atoms with Gasteiger partial charge in [0.2, 0.25) is 11.8 Å². The van der Waals surface area contributed by atoms with Gasteiger partial charge in [0.25, 0.3) is 0 Å². The smallest absolute Gasteiger partial charge is 0.337 e. The molecule has 2 aromatic carbocycles. The topological polar surface area (TPSA) is 77.9 Å². The van der Waals surface area contributed by atoms with E-state index in [1.807, 2.05) is 53.7 Å². The van der Waals surface area contributed by atoms with E-state index in [0.29, 0.717) is 5.69 Å². The zero-order valence-electron chi connectivity index (χ0n) is 19.9. The molecular weight excluding hydrogens is 404 g/mol. The maximum absolute atomic E-state index is 13.3. The molecule has 6 nitrogen and oxygen atoms in total. The Balaban J connectivity index is 2.08. The van der Waals surface area contributed by atoms with Crippen molar-refractivity contribution in [2.45, 2.75) is 58.8 Å². The first-order chi connectivity index (χ1) is 14.7. The molecule has 0 aromatic heterocycles. The van der Waals surface area contributed by atoms with Crippen LogP contribution < -0.4 is 4.90 Å². The molecule has 0 saturated carbocycles. The fourth-order valence-corrected chi connectivity index (χ4v) is 4.01. The SMILES string of the molecule is CN1C(=O)C(Cc2cc(C(C)(C)C)c(O)c(C(C)(C)C)c2)C(=O)N(c2ccccc2)C1=O. The number of phenols is 1. The van der Waals surface area contributed by atoms with E-state index in [1.54, 1.807) is 30.3 Å². The highest BCUT2D eigenvalue weighted by molar-refractivity contribution is 6.27. The van der Waals surface area contributed by atoms with Crippen LogP contribution in [0, 0.1) is 5.92 Å². The summed E-state index contributed by atoms with van der Waals surface area (Å²) in [5.74, 6) is -1.83. The Morgan fingerprint density at radius 2 is 1.34 bits per heavy atom. The molecule has 32 heavy (non-hydrogen) atoms. The summed E-state index contributed by atoms with van der Waals surface area (Å²) < 4.78 is 0. The Morgan fingerprint density at radius 3 is 1.81 bits per heavy atom. The van der Waals surface area contributed by atoms with Crippen molar-refractivity contribution in [2.75, 3.05) is 11.9 Å². The Hall–Kier alpha value is -3.15. The molecule has 0 radical (unpaired) electrons. The molecule has 1 saturated heterocycles. The molecule has 2 aromatic rings. The fraction of sp³-hybridized carbons (Fsp3) is 0.423. The molecule has 6 heteroatoms. The van der Waals surface area contributed by atoms with Gasteiger partial charge in [-0.25, -0.2) is 9.69 Å². The summed E-state index contributed by atoms with van der Waals surface area (Å²) in [4.78, 5) is 41.1. The highest BCUT2D eigenvalue weighted by Gasteiger charge is 2.45. The second kappa shape index (κ2) is 8.08. The largest absolute Gasteiger partial charge is 0.507 e. The summed E-state index contributed by atoms with van der Waals surface area (Å²) in [6.45, 7) is 12.1. The summed E-state index contributed by atoms with van der Waals surface area (Å²) in [5, 5.41) is 11.0. The first-order valence-corrected chi connectivity index (χ1v) is 10.8. The van der Waals surface area contributed by atoms with Crippen LogP contribution in [-0.2, 0) is 26.8 Å². The standard InChI is InChI=1S/C26H32N2O4/c1-25(2,3)19-14-16(15-20(21(19)29)26(4,5)6)13-18-22(30)27(7)24(32)28(23(18)31)17-11-9-8-10-12-17/h8-12,14-15,18,29H,13H2,1-7H3. The van der Waals surface area contributed by atoms with Gasteiger partial charge in [-0.3, -0.25) is 14.5 Å². The van der Waals surface area contributed by atoms with Crippen LogP contribution in [0.25, 0.3) is 0 Å². The van der Waals surface area contributed by atoms with Crippen molar-refractivity contribution in [1.29, 1.82) is 0 Å². The number of aromatic hydroxyl groups is 1. The molecule has 0 bridgehead atoms. The lowest BCUT2D eigenvalue weighted by Crippen LogP contribution is -2.59. The predicted molar refractivity (Wildman–Crippen MR) is 125 cm³/mol. The van der Waals surface area contributed by atoms with Crippen molar-refractivity contribution >= 4 is 23.5 Å². The van der Waals surface area contributed by atoms with Gasteiger partial charge in [0, 0.05) is 7.05 Å². The minimum Gasteiger partial charge on any atom is -0.507 e. The van der Waals surface area contributed by atoms with Gasteiger partial charge in [-0.15, -0.1) is 0 Å². The molecule has 1 aliphatic rings. The first-order valence-electron chi connectivity index (χ1n) is 10.8. The molecule has 1 heterocycles. The number of rotatable bonds is 3. The average molecular weight is 437 g/mol. The zero-order chi connectivity index (χ0) is 24.0. The Bertz CT molecular complexity index is 1030. The van der Waals surface area contributed by atoms with Crippen molar-refractivity contribution in [2.24, 2.45) is 5.92 Å². The molecule has 0 aliphatic carbocycles. The van der Waals surface area contributed by atoms with Crippen LogP contribution in [0.4, 0.5) is 10.5 Å². The van der Waals surface area contributed by atoms with Crippen LogP contribution >= 0.6 is 0 Å². The average Bonchev–Trinajstić information content (AvgIpc) is 2.70. The number of carbonyl (C=O) groups excluding carboxylic acids is 3. The third-order valence-corrected chi connectivity index (χ3v) is 5.87. The first kappa shape index (κ1) is 23.5. The second-order valence-corrected chi connectivity index (χ2v) is 10.5. The Kier molecular flexibility index (Phi) is 5.94. The lowest BCUT2D eigenvalue weighted by molar-refractivity contribution is -0.140. The third-order valence-electron chi connectivity index (χ3n) is 5.87. The molecule has 170 valence electrons. The zero-order valence-corrected chi connectivity index (χ0v) is 19.9. The van der Waals surface area contributed by atoms with E-state index in [-0.39, 0.29) is 23.0 Å². The number of imide groups is 2. The summed E-state index contributed by atoms with van der Waals surface area (Å²) in [6.07, 6.45) is 0.144. The van der Waals surface area contributed by atoms with Crippen LogP contribution in [0.15, 0.2) is 42.5 Å². The van der Waals surface area contributed by atoms with Gasteiger partial charge in [0.1, 0.15) is 11.7 Å². The van der Waals surface area contributed by atoms with Crippen molar-refractivity contribution < 1.29 is 19.5 Å². The van der Waals surface area contributed by atoms with Crippen molar-refractivity contribution in [3.8, 4) is 5.75 Å². The molecule has 0 spiro atoms. The Labute approximate surface area is 189 Å². The van der Waals surface area contributed by atoms with Gasteiger partial charge >= 0.3 is 6.03 Å². The summed E-state index contributed by atoms with van der Waals surface area (Å²) >= 11 is 0. The molecule has 4 amide bonds. The number of phenolic OH excluding ortho intramolecular Hbond substituents is 1. The van der Waals surface area contributed by atoms with Crippen molar-refractivity contribution in [3.05, 3.63) is 59.2 Å². The number of benzene rings is 2. The number of urea groups is 1. The Morgan fingerprint density at radius 1 is 0.844 bits per heavy atom. The van der Waals surface area contributed by atoms with Gasteiger partial charge < -0.3 is 5.11 Å². The van der Waals surface area contributed by atoms with Gasteiger partial charge in [-0.05, 0) is 46.1 Å². The lowest BCUT2D eigenvalue weighted by atomic mass is 9.77. The van der Waals surface area contributed by atoms with Crippen LogP contribution in [0.2, 0.25) is 0 Å². The number of anilines is 1. The number of hydrogen-bond acceptors (Lipinski definition) is 4. The second-order valence-electron chi connectivity index (χ2n) is 10.5. The monoisotopic (exact) mass is 436 g/mol. The number of nitrogens with zero attached hydrogens (tertiary/aromatic N) is 2. The van der Waals surface area contributed by atoms with E-state index in [0.717, 1.165) is 26.5 Å². The highest BCUT2D eigenvalue weighted by Crippen LogP contribution is 2.40. The van der Waals surface area contributed by atoms with Crippen LogP contribution in [0.1, 0.15) is 58.2 Å². The van der Waals surface area contributed by atoms with Gasteiger partial charge in [-0.1, -0.05) is 71.9 Å². The summed E-state index contributed by atoms with van der Waals surface area (Å²) in [5.41, 5.74) is 2.08. The summed E-state index contributed by atoms with van der Waals surface area (Å²) in [6, 6.07) is 11.7. The fourth-order valence-electron chi connectivity index (χ4n) is 4.01. The van der Waals surface area contributed by atoms with Gasteiger partial charge in [0.05, 0.1) is 5.69 Å². The van der Waals surface area contributed by atoms with Crippen molar-refractivity contribution in [1.82, 2.24) is 4.90 Å². The maximum Gasteiger partial charge on any atom is 0.337 e. The number of hydrogen-bond donors (Lipinski definition) is 1. The van der Waals surface area contributed by atoms with E-state index in [1.165, 1.54) is 7.05 Å². The van der Waals surface area contributed by atoms with E-state index in [9.17, 15) is 19.5 Å². The quantitative estimate of drug-likeness (QED) is 0.703. The molecule has 1 N–H and O–H groups in total. The van der Waals surface area contributed by atoms with E-state index < -0.39 is 23.8 Å². The summed E-state index contributed by atoms with van der Waals surface area (Å²) in [7, 11) is 1.40. The normalized spacial score (nSPS) is 17.8. The number of carbonyl (C=O) groups is 3. The maximum atomic E-state index is 13.3. The molecule has 1 aliphatic heterocycles. The van der Waals surface area contributed by atoms with E-state index >= 15 is 0 Å². The number of para-hydroxylation sites is 1.